The summed E-state index contributed by atoms with van der Waals surface area (Å²) >= 11 is 0. The fraction of sp³-hybridized carbons (Fsp3) is 0.800. The highest BCUT2D eigenvalue weighted by molar-refractivity contribution is 9.06. The Morgan fingerprint density at radius 3 is 2.50 bits per heavy atom. The van der Waals surface area contributed by atoms with E-state index in [0.717, 1.165) is 16.1 Å². The van der Waals surface area contributed by atoms with Gasteiger partial charge >= 0.3 is 0 Å². The predicted molar refractivity (Wildman–Crippen MR) is 53.6 cm³/mol. The van der Waals surface area contributed by atoms with Crippen molar-refractivity contribution >= 4 is 35.4 Å². The molecule has 4 nitrogen and oxygen atoms in total. The first-order chi connectivity index (χ1) is 5.42. The van der Waals surface area contributed by atoms with Gasteiger partial charge in [-0.05, 0) is 0 Å². The third-order valence-electron chi connectivity index (χ3n) is 0.731. The van der Waals surface area contributed by atoms with Crippen LogP contribution >= 0.6 is 20.6 Å². The van der Waals surface area contributed by atoms with Gasteiger partial charge in [-0.3, -0.25) is 4.79 Å². The highest BCUT2D eigenvalue weighted by atomic mass is 33.5. The second kappa shape index (κ2) is 5.71. The van der Waals surface area contributed by atoms with Gasteiger partial charge in [0.1, 0.15) is 0 Å². The van der Waals surface area contributed by atoms with Gasteiger partial charge in [0.05, 0.1) is 0 Å². The van der Waals surface area contributed by atoms with E-state index in [0.29, 0.717) is 12.3 Å². The Morgan fingerprint density at radius 1 is 1.50 bits per heavy atom. The van der Waals surface area contributed by atoms with Crippen LogP contribution in [0, 0.1) is 0 Å². The van der Waals surface area contributed by atoms with Crippen LogP contribution in [0.15, 0.2) is 0 Å². The highest BCUT2D eigenvalue weighted by Gasteiger charge is 2.02. The number of carbonyl (C=O) groups excluding carboxylic acids is 1. The number of hydrogen-bond acceptors (Lipinski definition) is 5. The van der Waals surface area contributed by atoms with E-state index >= 15 is 0 Å². The summed E-state index contributed by atoms with van der Waals surface area (Å²) < 4.78 is 21.2. The average Bonchev–Trinajstić information content (AvgIpc) is 1.83. The number of nitrogens with one attached hydrogen (secondary N) is 1. The second-order valence-corrected chi connectivity index (χ2v) is 8.42. The third kappa shape index (κ3) is 10.1. The zero-order valence-electron chi connectivity index (χ0n) is 6.86. The molecule has 0 atom stereocenters. The van der Waals surface area contributed by atoms with Crippen molar-refractivity contribution in [3.8, 4) is 0 Å². The van der Waals surface area contributed by atoms with Crippen LogP contribution in [0.4, 0.5) is 0 Å². The molecule has 0 aromatic rings. The lowest BCUT2D eigenvalue weighted by molar-refractivity contribution is -0.118. The van der Waals surface area contributed by atoms with E-state index < -0.39 is 8.87 Å². The molecular weight excluding hydrogens is 218 g/mol. The molecule has 0 radical (unpaired) electrons. The Kier molecular flexibility index (Phi) is 5.77. The molecule has 0 bridgehead atoms. The molecule has 7 heteroatoms. The van der Waals surface area contributed by atoms with Gasteiger partial charge in [-0.15, -0.1) is 0 Å². The van der Waals surface area contributed by atoms with Crippen molar-refractivity contribution in [3.63, 3.8) is 0 Å². The molecule has 0 saturated heterocycles. The maximum atomic E-state index is 10.6. The summed E-state index contributed by atoms with van der Waals surface area (Å²) in [5.41, 5.74) is 0. The molecule has 0 heterocycles. The summed E-state index contributed by atoms with van der Waals surface area (Å²) in [5, 5.41) is 2.56. The third-order valence-corrected chi connectivity index (χ3v) is 6.07. The molecule has 12 heavy (non-hydrogen) atoms. The quantitative estimate of drug-likeness (QED) is 0.548. The summed E-state index contributed by atoms with van der Waals surface area (Å²) in [6.07, 6.45) is 1.16. The predicted octanol–water partition coefficient (Wildman–Crippen LogP) is 0.464. The van der Waals surface area contributed by atoms with E-state index in [-0.39, 0.29) is 5.91 Å². The molecule has 1 N–H and O–H groups in total. The summed E-state index contributed by atoms with van der Waals surface area (Å²) in [6, 6.07) is 0. The second-order valence-electron chi connectivity index (χ2n) is 2.08. The van der Waals surface area contributed by atoms with Crippen molar-refractivity contribution < 1.29 is 13.2 Å². The highest BCUT2D eigenvalue weighted by Crippen LogP contribution is 2.25. The van der Waals surface area contributed by atoms with Gasteiger partial charge in [-0.2, -0.15) is 0 Å². The smallest absolute Gasteiger partial charge is 0.216 e. The molecule has 0 saturated carbocycles. The van der Waals surface area contributed by atoms with Crippen LogP contribution in [0.1, 0.15) is 6.92 Å². The van der Waals surface area contributed by atoms with Crippen LogP contribution in [0.25, 0.3) is 0 Å². The van der Waals surface area contributed by atoms with Crippen LogP contribution in [-0.2, 0) is 13.7 Å². The molecule has 0 spiro atoms. The molecule has 0 aromatic heterocycles. The van der Waals surface area contributed by atoms with Gasteiger partial charge in [0.25, 0.3) is 0 Å². The van der Waals surface area contributed by atoms with Crippen molar-refractivity contribution in [1.29, 1.82) is 0 Å². The minimum Gasteiger partial charge on any atom is -0.355 e. The van der Waals surface area contributed by atoms with Crippen LogP contribution in [0.5, 0.6) is 0 Å². The first-order valence-electron chi connectivity index (χ1n) is 3.17. The molecule has 0 aliphatic carbocycles. The summed E-state index contributed by atoms with van der Waals surface area (Å²) in [5.74, 6) is 0.497. The van der Waals surface area contributed by atoms with Gasteiger partial charge in [-0.25, -0.2) is 8.42 Å². The number of hydrogen-bond donors (Lipinski definition) is 1. The van der Waals surface area contributed by atoms with Crippen LogP contribution < -0.4 is 5.32 Å². The standard InChI is InChI=1S/C5H11NO3S3/c1-5(7)6-3-4-10-11-12(2,8)9/h3-4H2,1-2H3,(H,6,7). The lowest BCUT2D eigenvalue weighted by atomic mass is 10.6. The van der Waals surface area contributed by atoms with Crippen molar-refractivity contribution in [3.05, 3.63) is 0 Å². The Hall–Kier alpha value is 0.120. The molecule has 0 rings (SSSR count). The van der Waals surface area contributed by atoms with Crippen LogP contribution in [-0.4, -0.2) is 32.9 Å². The first kappa shape index (κ1) is 12.1. The Balaban J connectivity index is 3.29. The molecule has 0 aromatic carbocycles. The Bertz CT molecular complexity index is 236. The average molecular weight is 229 g/mol. The maximum absolute atomic E-state index is 10.6. The van der Waals surface area contributed by atoms with Crippen molar-refractivity contribution in [2.75, 3.05) is 18.6 Å². The fourth-order valence-electron chi connectivity index (χ4n) is 0.390. The summed E-state index contributed by atoms with van der Waals surface area (Å²) in [6.45, 7) is 1.93. The van der Waals surface area contributed by atoms with Crippen LogP contribution in [0.3, 0.4) is 0 Å². The summed E-state index contributed by atoms with van der Waals surface area (Å²) in [4.78, 5) is 10.4. The molecule has 0 unspecified atom stereocenters. The van der Waals surface area contributed by atoms with Gasteiger partial charge in [0.15, 0.2) is 0 Å². The zero-order valence-corrected chi connectivity index (χ0v) is 9.31. The van der Waals surface area contributed by atoms with Crippen molar-refractivity contribution in [1.82, 2.24) is 5.32 Å². The normalized spacial score (nSPS) is 11.2. The van der Waals surface area contributed by atoms with Gasteiger partial charge < -0.3 is 5.32 Å². The Morgan fingerprint density at radius 2 is 2.08 bits per heavy atom. The number of amides is 1. The minimum atomic E-state index is -2.96. The lowest BCUT2D eigenvalue weighted by Crippen LogP contribution is -2.22. The summed E-state index contributed by atoms with van der Waals surface area (Å²) in [7, 11) is -0.919. The van der Waals surface area contributed by atoms with Crippen molar-refractivity contribution in [2.24, 2.45) is 0 Å². The molecular formula is C5H11NO3S3. The molecule has 0 aliphatic rings. The van der Waals surface area contributed by atoms with Gasteiger partial charge in [0.2, 0.25) is 14.8 Å². The SMILES string of the molecule is CC(=O)NCCSSS(C)(=O)=O. The van der Waals surface area contributed by atoms with E-state index in [1.165, 1.54) is 17.7 Å². The first-order valence-corrected chi connectivity index (χ1v) is 7.90. The van der Waals surface area contributed by atoms with Crippen LogP contribution in [0.2, 0.25) is 0 Å². The lowest BCUT2D eigenvalue weighted by Gasteiger charge is -1.99. The van der Waals surface area contributed by atoms with E-state index in [4.69, 9.17) is 0 Å². The van der Waals surface area contributed by atoms with E-state index in [2.05, 4.69) is 5.32 Å². The molecule has 0 fully saturated rings. The zero-order chi connectivity index (χ0) is 9.61. The van der Waals surface area contributed by atoms with Gasteiger partial charge in [0, 0.05) is 35.3 Å². The minimum absolute atomic E-state index is 0.0973. The molecule has 72 valence electrons. The number of carbonyl (C=O) groups is 1. The van der Waals surface area contributed by atoms with E-state index in [1.54, 1.807) is 0 Å². The van der Waals surface area contributed by atoms with E-state index in [1.807, 2.05) is 0 Å². The Labute approximate surface area is 79.6 Å². The molecule has 0 aliphatic heterocycles. The number of rotatable bonds is 5. The monoisotopic (exact) mass is 229 g/mol. The topological polar surface area (TPSA) is 63.2 Å². The fourth-order valence-corrected chi connectivity index (χ4v) is 3.98. The largest absolute Gasteiger partial charge is 0.355 e. The molecule has 1 amide bonds. The maximum Gasteiger partial charge on any atom is 0.216 e. The van der Waals surface area contributed by atoms with Crippen molar-refractivity contribution in [2.45, 2.75) is 6.92 Å². The van der Waals surface area contributed by atoms with E-state index in [9.17, 15) is 13.2 Å². The van der Waals surface area contributed by atoms with Gasteiger partial charge in [-0.1, -0.05) is 10.8 Å².